The van der Waals surface area contributed by atoms with Crippen LogP contribution in [0.15, 0.2) is 18.2 Å². The smallest absolute Gasteiger partial charge is 0.255 e. The van der Waals surface area contributed by atoms with Gasteiger partial charge in [-0.25, -0.2) is 0 Å². The molecule has 1 saturated carbocycles. The number of carbonyl (C=O) groups excluding carboxylic acids is 1. The molecule has 0 unspecified atom stereocenters. The number of rotatable bonds is 5. The Labute approximate surface area is 114 Å². The van der Waals surface area contributed by atoms with Crippen LogP contribution in [0.1, 0.15) is 48.9 Å². The lowest BCUT2D eigenvalue weighted by Gasteiger charge is -2.10. The number of anilines is 1. The average molecular weight is 262 g/mol. The fraction of sp³-hybridized carbons (Fsp3) is 0.533. The highest BCUT2D eigenvalue weighted by Gasteiger charge is 2.15. The monoisotopic (exact) mass is 262 g/mol. The highest BCUT2D eigenvalue weighted by atomic mass is 16.3. The van der Waals surface area contributed by atoms with Crippen LogP contribution in [-0.4, -0.2) is 17.6 Å². The number of benzene rings is 1. The fourth-order valence-electron chi connectivity index (χ4n) is 2.73. The van der Waals surface area contributed by atoms with Gasteiger partial charge in [0.25, 0.3) is 5.91 Å². The van der Waals surface area contributed by atoms with Crippen molar-refractivity contribution in [3.05, 3.63) is 23.8 Å². The Hall–Kier alpha value is -1.71. The van der Waals surface area contributed by atoms with Crippen molar-refractivity contribution in [1.82, 2.24) is 5.32 Å². The summed E-state index contributed by atoms with van der Waals surface area (Å²) in [6.45, 7) is 0.656. The third-order valence-corrected chi connectivity index (χ3v) is 3.86. The molecule has 0 bridgehead atoms. The molecule has 2 rings (SSSR count). The maximum atomic E-state index is 11.9. The lowest BCUT2D eigenvalue weighted by atomic mass is 10.0. The molecule has 0 radical (unpaired) electrons. The van der Waals surface area contributed by atoms with Crippen molar-refractivity contribution in [2.75, 3.05) is 12.3 Å². The van der Waals surface area contributed by atoms with Crippen LogP contribution in [0.2, 0.25) is 0 Å². The maximum Gasteiger partial charge on any atom is 0.255 e. The molecular formula is C15H22N2O2. The molecule has 1 aliphatic carbocycles. The number of para-hydroxylation sites is 1. The van der Waals surface area contributed by atoms with E-state index in [2.05, 4.69) is 5.32 Å². The number of hydrogen-bond donors (Lipinski definition) is 3. The minimum absolute atomic E-state index is 0.129. The molecule has 4 nitrogen and oxygen atoms in total. The lowest BCUT2D eigenvalue weighted by Crippen LogP contribution is -2.25. The second-order valence-corrected chi connectivity index (χ2v) is 5.29. The number of aromatic hydroxyl groups is 1. The highest BCUT2D eigenvalue weighted by Crippen LogP contribution is 2.28. The zero-order valence-electron chi connectivity index (χ0n) is 11.2. The van der Waals surface area contributed by atoms with Crippen molar-refractivity contribution in [2.24, 2.45) is 5.92 Å². The van der Waals surface area contributed by atoms with Gasteiger partial charge in [-0.2, -0.15) is 0 Å². The molecule has 0 aliphatic heterocycles. The summed E-state index contributed by atoms with van der Waals surface area (Å²) in [5.41, 5.74) is 6.05. The van der Waals surface area contributed by atoms with E-state index in [0.717, 1.165) is 12.3 Å². The second-order valence-electron chi connectivity index (χ2n) is 5.29. The minimum atomic E-state index is -0.253. The molecule has 1 amide bonds. The Morgan fingerprint density at radius 3 is 2.84 bits per heavy atom. The first-order valence-corrected chi connectivity index (χ1v) is 7.04. The van der Waals surface area contributed by atoms with Crippen molar-refractivity contribution >= 4 is 11.6 Å². The molecule has 0 heterocycles. The summed E-state index contributed by atoms with van der Waals surface area (Å²) in [5.74, 6) is 0.463. The summed E-state index contributed by atoms with van der Waals surface area (Å²) in [4.78, 5) is 11.9. The van der Waals surface area contributed by atoms with E-state index >= 15 is 0 Å². The molecule has 1 aliphatic rings. The van der Waals surface area contributed by atoms with Gasteiger partial charge in [0.15, 0.2) is 5.75 Å². The molecule has 0 saturated heterocycles. The van der Waals surface area contributed by atoms with Crippen molar-refractivity contribution in [2.45, 2.75) is 38.5 Å². The Bertz CT molecular complexity index is 440. The van der Waals surface area contributed by atoms with Gasteiger partial charge >= 0.3 is 0 Å². The van der Waals surface area contributed by atoms with E-state index in [-0.39, 0.29) is 22.9 Å². The number of nitrogen functional groups attached to an aromatic ring is 1. The Kier molecular flexibility index (Phi) is 4.66. The van der Waals surface area contributed by atoms with Crippen LogP contribution in [0.3, 0.4) is 0 Å². The molecular weight excluding hydrogens is 240 g/mol. The summed E-state index contributed by atoms with van der Waals surface area (Å²) in [6.07, 6.45) is 7.57. The topological polar surface area (TPSA) is 75.4 Å². The Morgan fingerprint density at radius 1 is 1.37 bits per heavy atom. The standard InChI is InChI=1S/C15H22N2O2/c16-13-9-3-8-12(14(13)18)15(19)17-10-4-7-11-5-1-2-6-11/h3,8-9,11,18H,1-2,4-7,10,16H2,(H,17,19). The summed E-state index contributed by atoms with van der Waals surface area (Å²) >= 11 is 0. The molecule has 0 atom stereocenters. The van der Waals surface area contributed by atoms with Gasteiger partial charge < -0.3 is 16.2 Å². The summed E-state index contributed by atoms with van der Waals surface area (Å²) in [7, 11) is 0. The first-order chi connectivity index (χ1) is 9.18. The van der Waals surface area contributed by atoms with Gasteiger partial charge in [-0.15, -0.1) is 0 Å². The van der Waals surface area contributed by atoms with Crippen LogP contribution in [0, 0.1) is 5.92 Å². The second kappa shape index (κ2) is 6.45. The van der Waals surface area contributed by atoms with Crippen LogP contribution < -0.4 is 11.1 Å². The number of amides is 1. The van der Waals surface area contributed by atoms with Crippen LogP contribution in [0.25, 0.3) is 0 Å². The van der Waals surface area contributed by atoms with Crippen LogP contribution >= 0.6 is 0 Å². The van der Waals surface area contributed by atoms with E-state index in [1.165, 1.54) is 32.1 Å². The van der Waals surface area contributed by atoms with Gasteiger partial charge in [0.05, 0.1) is 11.3 Å². The fourth-order valence-corrected chi connectivity index (χ4v) is 2.73. The molecule has 4 heteroatoms. The zero-order chi connectivity index (χ0) is 13.7. The van der Waals surface area contributed by atoms with Gasteiger partial charge in [-0.05, 0) is 30.9 Å². The van der Waals surface area contributed by atoms with Crippen molar-refractivity contribution in [3.63, 3.8) is 0 Å². The SMILES string of the molecule is Nc1cccc(C(=O)NCCCC2CCCC2)c1O. The van der Waals surface area contributed by atoms with Crippen LogP contribution in [0.4, 0.5) is 5.69 Å². The van der Waals surface area contributed by atoms with E-state index in [1.807, 2.05) is 0 Å². The van der Waals surface area contributed by atoms with Crippen LogP contribution in [-0.2, 0) is 0 Å². The first kappa shape index (κ1) is 13.7. The molecule has 19 heavy (non-hydrogen) atoms. The van der Waals surface area contributed by atoms with Crippen molar-refractivity contribution in [1.29, 1.82) is 0 Å². The highest BCUT2D eigenvalue weighted by molar-refractivity contribution is 5.98. The molecule has 0 spiro atoms. The van der Waals surface area contributed by atoms with Gasteiger partial charge in [0.1, 0.15) is 0 Å². The number of nitrogens with two attached hydrogens (primary N) is 1. The third-order valence-electron chi connectivity index (χ3n) is 3.86. The van der Waals surface area contributed by atoms with Crippen LogP contribution in [0.5, 0.6) is 5.75 Å². The van der Waals surface area contributed by atoms with Gasteiger partial charge in [-0.3, -0.25) is 4.79 Å². The normalized spacial score (nSPS) is 15.6. The average Bonchev–Trinajstić information content (AvgIpc) is 2.91. The Morgan fingerprint density at radius 2 is 2.11 bits per heavy atom. The molecule has 104 valence electrons. The number of phenolic OH excluding ortho intramolecular Hbond substituents is 1. The molecule has 4 N–H and O–H groups in total. The van der Waals surface area contributed by atoms with E-state index in [0.29, 0.717) is 6.54 Å². The molecule has 1 fully saturated rings. The van der Waals surface area contributed by atoms with E-state index in [1.54, 1.807) is 18.2 Å². The van der Waals surface area contributed by atoms with E-state index in [9.17, 15) is 9.90 Å². The predicted octanol–water partition coefficient (Wildman–Crippen LogP) is 2.67. The van der Waals surface area contributed by atoms with Gasteiger partial charge in [-0.1, -0.05) is 31.7 Å². The summed E-state index contributed by atoms with van der Waals surface area (Å²) in [5, 5.41) is 12.5. The number of carbonyl (C=O) groups is 1. The van der Waals surface area contributed by atoms with Gasteiger partial charge in [0, 0.05) is 6.54 Å². The molecule has 0 aromatic heterocycles. The molecule has 1 aromatic rings. The van der Waals surface area contributed by atoms with Crippen molar-refractivity contribution < 1.29 is 9.90 Å². The van der Waals surface area contributed by atoms with E-state index in [4.69, 9.17) is 5.73 Å². The predicted molar refractivity (Wildman–Crippen MR) is 76.0 cm³/mol. The first-order valence-electron chi connectivity index (χ1n) is 7.04. The molecule has 1 aromatic carbocycles. The largest absolute Gasteiger partial charge is 0.505 e. The van der Waals surface area contributed by atoms with Crippen molar-refractivity contribution in [3.8, 4) is 5.75 Å². The van der Waals surface area contributed by atoms with Gasteiger partial charge in [0.2, 0.25) is 0 Å². The zero-order valence-corrected chi connectivity index (χ0v) is 11.2. The number of hydrogen-bond acceptors (Lipinski definition) is 3. The summed E-state index contributed by atoms with van der Waals surface area (Å²) < 4.78 is 0. The number of nitrogens with one attached hydrogen (secondary N) is 1. The third kappa shape index (κ3) is 3.63. The minimum Gasteiger partial charge on any atom is -0.505 e. The number of phenols is 1. The summed E-state index contributed by atoms with van der Waals surface area (Å²) in [6, 6.07) is 4.83. The van der Waals surface area contributed by atoms with E-state index < -0.39 is 0 Å². The Balaban J connectivity index is 1.76. The maximum absolute atomic E-state index is 11.9. The lowest BCUT2D eigenvalue weighted by molar-refractivity contribution is 0.0950. The quantitative estimate of drug-likeness (QED) is 0.434.